The Morgan fingerprint density at radius 1 is 1.00 bits per heavy atom. The molecule has 5 nitrogen and oxygen atoms in total. The van der Waals surface area contributed by atoms with Gasteiger partial charge >= 0.3 is 5.97 Å². The molecule has 28 heavy (non-hydrogen) atoms. The molecule has 2 saturated heterocycles. The summed E-state index contributed by atoms with van der Waals surface area (Å²) in [5, 5.41) is 0. The maximum Gasteiger partial charge on any atom is 0.308 e. The maximum atomic E-state index is 12.0. The third-order valence-electron chi connectivity index (χ3n) is 5.92. The summed E-state index contributed by atoms with van der Waals surface area (Å²) in [5.41, 5.74) is 1.31. The Bertz CT molecular complexity index is 673. The molecule has 3 aliphatic heterocycles. The molecule has 4 atom stereocenters. The van der Waals surface area contributed by atoms with E-state index in [2.05, 4.69) is 24.3 Å². The van der Waals surface area contributed by atoms with Crippen molar-refractivity contribution in [2.24, 2.45) is 0 Å². The number of fused-ring (bicyclic) bond motifs is 2. The number of hydrogen-bond acceptors (Lipinski definition) is 5. The molecule has 1 unspecified atom stereocenters. The smallest absolute Gasteiger partial charge is 0.308 e. The number of cyclic esters (lactones) is 1. The van der Waals surface area contributed by atoms with Gasteiger partial charge in [0, 0.05) is 12.8 Å². The second-order valence-corrected chi connectivity index (χ2v) is 7.99. The fourth-order valence-electron chi connectivity index (χ4n) is 4.48. The van der Waals surface area contributed by atoms with Crippen molar-refractivity contribution in [3.8, 4) is 0 Å². The molecule has 2 fully saturated rings. The SMILES string of the molecule is O=C1CC2CCC[C@@]3(CC[C@H](O3)[C@H](CCc3ccccc3)OC/C=C\CO1)O2. The average molecular weight is 386 g/mol. The monoisotopic (exact) mass is 386 g/mol. The van der Waals surface area contributed by atoms with E-state index in [1.807, 2.05) is 18.2 Å². The Kier molecular flexibility index (Phi) is 6.45. The van der Waals surface area contributed by atoms with Crippen molar-refractivity contribution in [2.75, 3.05) is 13.2 Å². The third-order valence-corrected chi connectivity index (χ3v) is 5.92. The number of rotatable bonds is 3. The minimum Gasteiger partial charge on any atom is -0.461 e. The standard InChI is InChI=1S/C23H30O5/c24-22-17-19-9-6-13-23(27-19)14-12-21(28-23)20(25-15-4-5-16-26-22)11-10-18-7-2-1-3-8-18/h1-5,7-8,19-21H,6,9-17H2/b5-4-/t19?,20-,21-,23+/m0/s1. The molecule has 152 valence electrons. The van der Waals surface area contributed by atoms with Crippen molar-refractivity contribution in [1.29, 1.82) is 0 Å². The van der Waals surface area contributed by atoms with Gasteiger partial charge in [0.15, 0.2) is 5.79 Å². The molecule has 0 aromatic heterocycles. The second-order valence-electron chi connectivity index (χ2n) is 7.99. The molecule has 0 amide bonds. The Morgan fingerprint density at radius 3 is 2.75 bits per heavy atom. The fourth-order valence-corrected chi connectivity index (χ4v) is 4.48. The Balaban J connectivity index is 1.46. The third kappa shape index (κ3) is 5.02. The lowest BCUT2D eigenvalue weighted by molar-refractivity contribution is -0.279. The molecule has 0 saturated carbocycles. The van der Waals surface area contributed by atoms with E-state index >= 15 is 0 Å². The van der Waals surface area contributed by atoms with Gasteiger partial charge in [-0.2, -0.15) is 0 Å². The van der Waals surface area contributed by atoms with Gasteiger partial charge < -0.3 is 18.9 Å². The van der Waals surface area contributed by atoms with E-state index in [4.69, 9.17) is 18.9 Å². The number of esters is 1. The minimum atomic E-state index is -0.553. The molecular formula is C23H30O5. The van der Waals surface area contributed by atoms with Crippen LogP contribution in [-0.4, -0.2) is 43.3 Å². The maximum absolute atomic E-state index is 12.0. The summed E-state index contributed by atoms with van der Waals surface area (Å²) in [6.45, 7) is 0.780. The zero-order valence-electron chi connectivity index (χ0n) is 16.4. The lowest BCUT2D eigenvalue weighted by Gasteiger charge is -2.38. The Labute approximate surface area is 167 Å². The molecule has 1 spiro atoms. The van der Waals surface area contributed by atoms with Crippen molar-refractivity contribution < 1.29 is 23.7 Å². The normalized spacial score (nSPS) is 35.0. The van der Waals surface area contributed by atoms with Crippen LogP contribution in [0.25, 0.3) is 0 Å². The van der Waals surface area contributed by atoms with E-state index in [0.717, 1.165) is 44.9 Å². The molecular weight excluding hydrogens is 356 g/mol. The van der Waals surface area contributed by atoms with Crippen LogP contribution in [0, 0.1) is 0 Å². The van der Waals surface area contributed by atoms with Crippen LogP contribution in [0.4, 0.5) is 0 Å². The van der Waals surface area contributed by atoms with Gasteiger partial charge in [-0.25, -0.2) is 0 Å². The first-order valence-corrected chi connectivity index (χ1v) is 10.5. The molecule has 1 aromatic rings. The highest BCUT2D eigenvalue weighted by atomic mass is 16.7. The predicted octanol–water partition coefficient (Wildman–Crippen LogP) is 3.95. The minimum absolute atomic E-state index is 0.0266. The number of hydrogen-bond donors (Lipinski definition) is 0. The summed E-state index contributed by atoms with van der Waals surface area (Å²) >= 11 is 0. The predicted molar refractivity (Wildman–Crippen MR) is 105 cm³/mol. The Morgan fingerprint density at radius 2 is 1.86 bits per heavy atom. The van der Waals surface area contributed by atoms with Crippen LogP contribution in [0.2, 0.25) is 0 Å². The quantitative estimate of drug-likeness (QED) is 0.582. The summed E-state index contributed by atoms with van der Waals surface area (Å²) in [6, 6.07) is 10.5. The Hall–Kier alpha value is -1.69. The number of aryl methyl sites for hydroxylation is 1. The zero-order valence-corrected chi connectivity index (χ0v) is 16.4. The van der Waals surface area contributed by atoms with E-state index < -0.39 is 5.79 Å². The highest BCUT2D eigenvalue weighted by molar-refractivity contribution is 5.70. The van der Waals surface area contributed by atoms with Gasteiger partial charge in [0.2, 0.25) is 0 Å². The van der Waals surface area contributed by atoms with Gasteiger partial charge in [0.1, 0.15) is 6.61 Å². The largest absolute Gasteiger partial charge is 0.461 e. The van der Waals surface area contributed by atoms with Crippen LogP contribution in [0.1, 0.15) is 50.5 Å². The molecule has 4 rings (SSSR count). The number of carbonyl (C=O) groups is 1. The molecule has 3 heterocycles. The van der Waals surface area contributed by atoms with E-state index in [1.165, 1.54) is 5.56 Å². The molecule has 0 N–H and O–H groups in total. The van der Waals surface area contributed by atoms with Crippen LogP contribution in [-0.2, 0) is 30.2 Å². The number of ether oxygens (including phenoxy) is 4. The van der Waals surface area contributed by atoms with Gasteiger partial charge in [-0.05, 0) is 43.7 Å². The van der Waals surface area contributed by atoms with Gasteiger partial charge in [-0.3, -0.25) is 4.79 Å². The molecule has 0 aliphatic carbocycles. The summed E-state index contributed by atoms with van der Waals surface area (Å²) < 4.78 is 24.2. The van der Waals surface area contributed by atoms with Crippen LogP contribution < -0.4 is 0 Å². The van der Waals surface area contributed by atoms with Crippen LogP contribution in [0.15, 0.2) is 42.5 Å². The summed E-state index contributed by atoms with van der Waals surface area (Å²) in [4.78, 5) is 12.0. The van der Waals surface area contributed by atoms with Crippen molar-refractivity contribution in [3.05, 3.63) is 48.0 Å². The zero-order chi connectivity index (χ0) is 19.2. The van der Waals surface area contributed by atoms with Gasteiger partial charge in [0.25, 0.3) is 0 Å². The first-order valence-electron chi connectivity index (χ1n) is 10.5. The molecule has 5 heteroatoms. The lowest BCUT2D eigenvalue weighted by atomic mass is 9.96. The van der Waals surface area contributed by atoms with Crippen molar-refractivity contribution in [1.82, 2.24) is 0 Å². The van der Waals surface area contributed by atoms with Gasteiger partial charge in [0.05, 0.1) is 31.3 Å². The van der Waals surface area contributed by atoms with E-state index in [-0.39, 0.29) is 30.9 Å². The van der Waals surface area contributed by atoms with Gasteiger partial charge in [-0.15, -0.1) is 0 Å². The van der Waals surface area contributed by atoms with Crippen LogP contribution >= 0.6 is 0 Å². The summed E-state index contributed by atoms with van der Waals surface area (Å²) in [6.07, 6.45) is 10.5. The first-order chi connectivity index (χ1) is 13.7. The summed E-state index contributed by atoms with van der Waals surface area (Å²) in [7, 11) is 0. The summed E-state index contributed by atoms with van der Waals surface area (Å²) in [5.74, 6) is -0.762. The molecule has 1 aromatic carbocycles. The van der Waals surface area contributed by atoms with Crippen molar-refractivity contribution in [2.45, 2.75) is 75.5 Å². The molecule has 0 radical (unpaired) electrons. The highest BCUT2D eigenvalue weighted by Crippen LogP contribution is 2.42. The number of carbonyl (C=O) groups excluding carboxylic acids is 1. The fraction of sp³-hybridized carbons (Fsp3) is 0.609. The van der Waals surface area contributed by atoms with E-state index in [0.29, 0.717) is 13.0 Å². The van der Waals surface area contributed by atoms with Crippen LogP contribution in [0.3, 0.4) is 0 Å². The average Bonchev–Trinajstić information content (AvgIpc) is 3.09. The second kappa shape index (κ2) is 9.21. The lowest BCUT2D eigenvalue weighted by Crippen LogP contribution is -2.43. The molecule has 3 aliphatic rings. The topological polar surface area (TPSA) is 54.0 Å². The van der Waals surface area contributed by atoms with Crippen molar-refractivity contribution in [3.63, 3.8) is 0 Å². The van der Waals surface area contributed by atoms with E-state index in [9.17, 15) is 4.79 Å². The first kappa shape index (κ1) is 19.6. The van der Waals surface area contributed by atoms with E-state index in [1.54, 1.807) is 0 Å². The molecule has 3 bridgehead atoms. The van der Waals surface area contributed by atoms with Crippen LogP contribution in [0.5, 0.6) is 0 Å². The van der Waals surface area contributed by atoms with Crippen molar-refractivity contribution >= 4 is 5.97 Å². The van der Waals surface area contributed by atoms with Gasteiger partial charge in [-0.1, -0.05) is 36.4 Å². The number of benzene rings is 1. The highest BCUT2D eigenvalue weighted by Gasteiger charge is 2.47.